The smallest absolute Gasteiger partial charge is 0.340 e. The van der Waals surface area contributed by atoms with Crippen LogP contribution >= 0.6 is 23.2 Å². The highest BCUT2D eigenvalue weighted by molar-refractivity contribution is 6.37. The summed E-state index contributed by atoms with van der Waals surface area (Å²) < 4.78 is 4.98. The number of hydrogen-bond acceptors (Lipinski definition) is 4. The summed E-state index contributed by atoms with van der Waals surface area (Å²) in [4.78, 5) is 29.0. The van der Waals surface area contributed by atoms with Gasteiger partial charge in [-0.3, -0.25) is 9.79 Å². The zero-order valence-electron chi connectivity index (χ0n) is 13.3. The van der Waals surface area contributed by atoms with Crippen LogP contribution in [0.5, 0.6) is 0 Å². The number of nitrogens with one attached hydrogen (secondary N) is 1. The van der Waals surface area contributed by atoms with E-state index in [0.29, 0.717) is 32.6 Å². The first-order chi connectivity index (χ1) is 12.0. The van der Waals surface area contributed by atoms with Crippen molar-refractivity contribution in [2.24, 2.45) is 4.99 Å². The Balaban J connectivity index is 2.22. The number of hydrogen-bond donors (Lipinski definition) is 1. The number of esters is 1. The van der Waals surface area contributed by atoms with E-state index in [9.17, 15) is 9.59 Å². The van der Waals surface area contributed by atoms with Crippen LogP contribution in [0.2, 0.25) is 10.0 Å². The summed E-state index contributed by atoms with van der Waals surface area (Å²) in [5, 5.41) is 3.62. The van der Waals surface area contributed by atoms with Crippen molar-refractivity contribution in [3.8, 4) is 0 Å². The Morgan fingerprint density at radius 1 is 1.20 bits per heavy atom. The van der Waals surface area contributed by atoms with Crippen molar-refractivity contribution in [1.82, 2.24) is 0 Å². The van der Waals surface area contributed by atoms with Gasteiger partial charge < -0.3 is 10.1 Å². The van der Waals surface area contributed by atoms with E-state index < -0.39 is 17.9 Å². The van der Waals surface area contributed by atoms with Crippen LogP contribution < -0.4 is 5.32 Å². The van der Waals surface area contributed by atoms with Gasteiger partial charge in [-0.25, -0.2) is 4.79 Å². The van der Waals surface area contributed by atoms with Crippen molar-refractivity contribution in [3.05, 3.63) is 63.6 Å². The lowest BCUT2D eigenvalue weighted by atomic mass is 10.0. The molecule has 0 unspecified atom stereocenters. The minimum absolute atomic E-state index is 0.151. The number of fused-ring (bicyclic) bond motifs is 1. The summed E-state index contributed by atoms with van der Waals surface area (Å²) >= 11 is 12.4. The highest BCUT2D eigenvalue weighted by Crippen LogP contribution is 2.29. The van der Waals surface area contributed by atoms with Crippen molar-refractivity contribution >= 4 is 46.5 Å². The molecular formula is C18H14Cl2N2O3. The summed E-state index contributed by atoms with van der Waals surface area (Å²) in [6.45, 7) is 1.82. The van der Waals surface area contributed by atoms with Crippen molar-refractivity contribution in [2.45, 2.75) is 13.0 Å². The fourth-order valence-electron chi connectivity index (χ4n) is 2.53. The van der Waals surface area contributed by atoms with Crippen molar-refractivity contribution < 1.29 is 14.3 Å². The highest BCUT2D eigenvalue weighted by atomic mass is 35.5. The monoisotopic (exact) mass is 376 g/mol. The van der Waals surface area contributed by atoms with Crippen LogP contribution in [0, 0.1) is 0 Å². The van der Waals surface area contributed by atoms with E-state index in [1.165, 1.54) is 0 Å². The first kappa shape index (κ1) is 17.5. The van der Waals surface area contributed by atoms with Gasteiger partial charge in [-0.1, -0.05) is 41.4 Å². The lowest BCUT2D eigenvalue weighted by Gasteiger charge is -2.11. The Labute approximate surface area is 154 Å². The molecule has 0 aromatic heterocycles. The molecule has 128 valence electrons. The van der Waals surface area contributed by atoms with E-state index >= 15 is 0 Å². The van der Waals surface area contributed by atoms with E-state index in [2.05, 4.69) is 10.3 Å². The number of aliphatic imine (C=N–C) groups is 1. The van der Waals surface area contributed by atoms with E-state index in [4.69, 9.17) is 27.9 Å². The van der Waals surface area contributed by atoms with Crippen molar-refractivity contribution in [1.29, 1.82) is 0 Å². The van der Waals surface area contributed by atoms with Gasteiger partial charge in [0.05, 0.1) is 18.0 Å². The Hall–Kier alpha value is -2.37. The maximum atomic E-state index is 12.5. The first-order valence-electron chi connectivity index (χ1n) is 7.61. The van der Waals surface area contributed by atoms with E-state index in [0.717, 1.165) is 0 Å². The summed E-state index contributed by atoms with van der Waals surface area (Å²) in [7, 11) is 0. The molecule has 2 aromatic carbocycles. The number of benzodiazepines with no additional fused rings is 1. The van der Waals surface area contributed by atoms with Crippen LogP contribution in [0.25, 0.3) is 0 Å². The number of ether oxygens (including phenoxy) is 1. The summed E-state index contributed by atoms with van der Waals surface area (Å²) in [6.07, 6.45) is 0. The van der Waals surface area contributed by atoms with Crippen LogP contribution in [-0.2, 0) is 14.3 Å². The van der Waals surface area contributed by atoms with Gasteiger partial charge in [-0.15, -0.1) is 0 Å². The molecule has 0 fully saturated rings. The molecule has 1 atom stereocenters. The molecule has 0 aliphatic carbocycles. The van der Waals surface area contributed by atoms with Crippen molar-refractivity contribution in [2.75, 3.05) is 11.9 Å². The molecule has 5 nitrogen and oxygen atoms in total. The Kier molecular flexibility index (Phi) is 5.06. The quantitative estimate of drug-likeness (QED) is 0.655. The largest absolute Gasteiger partial charge is 0.464 e. The summed E-state index contributed by atoms with van der Waals surface area (Å²) in [5.41, 5.74) is 2.08. The van der Waals surface area contributed by atoms with Gasteiger partial charge in [0.1, 0.15) is 0 Å². The SMILES string of the molecule is CCOC(=O)[C@H]1N=C(c2ccccc2Cl)c2cc(Cl)ccc2NC1=O. The van der Waals surface area contributed by atoms with Crippen LogP contribution in [0.1, 0.15) is 18.1 Å². The Morgan fingerprint density at radius 2 is 1.96 bits per heavy atom. The minimum atomic E-state index is -1.32. The predicted octanol–water partition coefficient (Wildman–Crippen LogP) is 3.71. The molecule has 0 bridgehead atoms. The topological polar surface area (TPSA) is 67.8 Å². The molecule has 0 saturated heterocycles. The molecule has 0 saturated carbocycles. The molecule has 2 aromatic rings. The van der Waals surface area contributed by atoms with Gasteiger partial charge in [0.2, 0.25) is 6.04 Å². The van der Waals surface area contributed by atoms with Crippen LogP contribution in [0.4, 0.5) is 5.69 Å². The number of anilines is 1. The standard InChI is InChI=1S/C18H14Cl2N2O3/c1-2-25-18(24)16-17(23)21-14-8-7-10(19)9-12(14)15(22-16)11-5-3-4-6-13(11)20/h3-9,16H,2H2,1H3,(H,21,23)/t16-/m0/s1. The second-order valence-corrected chi connectivity index (χ2v) is 6.13. The zero-order chi connectivity index (χ0) is 18.0. The second kappa shape index (κ2) is 7.25. The van der Waals surface area contributed by atoms with Gasteiger partial charge >= 0.3 is 5.97 Å². The molecule has 1 aliphatic heterocycles. The number of benzene rings is 2. The third-order valence-corrected chi connectivity index (χ3v) is 4.20. The molecule has 1 heterocycles. The average Bonchev–Trinajstić information content (AvgIpc) is 2.72. The van der Waals surface area contributed by atoms with Crippen LogP contribution in [0.15, 0.2) is 47.5 Å². The zero-order valence-corrected chi connectivity index (χ0v) is 14.8. The lowest BCUT2D eigenvalue weighted by molar-refractivity contribution is -0.146. The van der Waals surface area contributed by atoms with E-state index in [-0.39, 0.29) is 6.61 Å². The van der Waals surface area contributed by atoms with Gasteiger partial charge in [0.15, 0.2) is 0 Å². The highest BCUT2D eigenvalue weighted by Gasteiger charge is 2.32. The van der Waals surface area contributed by atoms with E-state index in [1.807, 2.05) is 0 Å². The maximum Gasteiger partial charge on any atom is 0.340 e. The number of carbonyl (C=O) groups is 2. The molecule has 25 heavy (non-hydrogen) atoms. The molecule has 0 spiro atoms. The maximum absolute atomic E-state index is 12.5. The predicted molar refractivity (Wildman–Crippen MR) is 97.6 cm³/mol. The van der Waals surface area contributed by atoms with Gasteiger partial charge in [-0.05, 0) is 31.2 Å². The average molecular weight is 377 g/mol. The third-order valence-electron chi connectivity index (χ3n) is 3.64. The molecule has 1 N–H and O–H groups in total. The van der Waals surface area contributed by atoms with Crippen molar-refractivity contribution in [3.63, 3.8) is 0 Å². The van der Waals surface area contributed by atoms with Gasteiger partial charge in [0.25, 0.3) is 5.91 Å². The molecule has 7 heteroatoms. The number of nitrogens with zero attached hydrogens (tertiary/aromatic N) is 1. The number of amides is 1. The molecule has 1 amide bonds. The Bertz CT molecular complexity index is 880. The molecular weight excluding hydrogens is 363 g/mol. The molecule has 0 radical (unpaired) electrons. The van der Waals surface area contributed by atoms with Crippen LogP contribution in [0.3, 0.4) is 0 Å². The molecule has 3 rings (SSSR count). The first-order valence-corrected chi connectivity index (χ1v) is 8.37. The van der Waals surface area contributed by atoms with Crippen LogP contribution in [-0.4, -0.2) is 30.2 Å². The molecule has 1 aliphatic rings. The number of halogens is 2. The fourth-order valence-corrected chi connectivity index (χ4v) is 2.93. The Morgan fingerprint density at radius 3 is 2.68 bits per heavy atom. The summed E-state index contributed by atoms with van der Waals surface area (Å²) in [5.74, 6) is -1.28. The minimum Gasteiger partial charge on any atom is -0.464 e. The van der Waals surface area contributed by atoms with Gasteiger partial charge in [-0.2, -0.15) is 0 Å². The summed E-state index contributed by atoms with van der Waals surface area (Å²) in [6, 6.07) is 10.7. The second-order valence-electron chi connectivity index (χ2n) is 5.29. The van der Waals surface area contributed by atoms with E-state index in [1.54, 1.807) is 49.4 Å². The third kappa shape index (κ3) is 3.52. The number of carbonyl (C=O) groups excluding carboxylic acids is 2. The number of rotatable bonds is 3. The van der Waals surface area contributed by atoms with Gasteiger partial charge in [0, 0.05) is 21.2 Å². The lowest BCUT2D eigenvalue weighted by Crippen LogP contribution is -2.34. The fraction of sp³-hybridized carbons (Fsp3) is 0.167. The normalized spacial score (nSPS) is 16.4.